The van der Waals surface area contributed by atoms with Gasteiger partial charge in [0.25, 0.3) is 5.91 Å². The van der Waals surface area contributed by atoms with Gasteiger partial charge in [-0.05, 0) is 42.8 Å². The zero-order valence-electron chi connectivity index (χ0n) is 17.4. The van der Waals surface area contributed by atoms with Crippen molar-refractivity contribution in [2.75, 3.05) is 32.7 Å². The number of likely N-dealkylation sites (tertiary alicyclic amines) is 1. The van der Waals surface area contributed by atoms with Gasteiger partial charge < -0.3 is 9.80 Å². The minimum Gasteiger partial charge on any atom is -0.336 e. The second-order valence-electron chi connectivity index (χ2n) is 8.11. The monoisotopic (exact) mass is 501 g/mol. The molecule has 0 saturated carbocycles. The molecule has 162 valence electrons. The van der Waals surface area contributed by atoms with Crippen molar-refractivity contribution in [3.63, 3.8) is 0 Å². The lowest BCUT2D eigenvalue weighted by atomic mass is 9.97. The maximum absolute atomic E-state index is 13.5. The van der Waals surface area contributed by atoms with E-state index < -0.39 is 0 Å². The number of carbonyl (C=O) groups is 2. The minimum atomic E-state index is -0.0138. The van der Waals surface area contributed by atoms with Crippen LogP contribution in [0, 0.1) is 0 Å². The van der Waals surface area contributed by atoms with Crippen molar-refractivity contribution in [1.82, 2.24) is 14.7 Å². The fourth-order valence-corrected chi connectivity index (χ4v) is 5.05. The number of amides is 2. The van der Waals surface area contributed by atoms with E-state index in [1.54, 1.807) is 4.90 Å². The summed E-state index contributed by atoms with van der Waals surface area (Å²) in [6, 6.07) is 13.9. The Morgan fingerprint density at radius 1 is 1.06 bits per heavy atom. The molecule has 2 saturated heterocycles. The lowest BCUT2D eigenvalue weighted by Crippen LogP contribution is -2.66. The molecule has 0 unspecified atom stereocenters. The molecule has 0 aliphatic carbocycles. The Labute approximate surface area is 196 Å². The van der Waals surface area contributed by atoms with Gasteiger partial charge in [0, 0.05) is 65.4 Å². The summed E-state index contributed by atoms with van der Waals surface area (Å²) < 4.78 is 0.903. The van der Waals surface area contributed by atoms with Crippen molar-refractivity contribution in [2.24, 2.45) is 0 Å². The first-order chi connectivity index (χ1) is 14.9. The smallest absolute Gasteiger partial charge is 0.254 e. The number of hydrogen-bond donors (Lipinski definition) is 0. The van der Waals surface area contributed by atoms with Crippen molar-refractivity contribution in [3.8, 4) is 11.1 Å². The quantitative estimate of drug-likeness (QED) is 0.585. The number of piperazine rings is 1. The van der Waals surface area contributed by atoms with Crippen molar-refractivity contribution in [3.05, 3.63) is 70.2 Å². The Balaban J connectivity index is 1.49. The molecule has 4 rings (SSSR count). The number of rotatable bonds is 4. The number of halogens is 2. The maximum Gasteiger partial charge on any atom is 0.254 e. The average Bonchev–Trinajstić information content (AvgIpc) is 2.73. The summed E-state index contributed by atoms with van der Waals surface area (Å²) in [4.78, 5) is 31.4. The zero-order chi connectivity index (χ0) is 22.1. The Kier molecular flexibility index (Phi) is 6.51. The standard InChI is InChI=1S/C24H25BrClN3O2/c1-3-23(30)28-14-18(15-28)29-11-10-27(13-16(29)2)24(31)20-9-8-17(25)12-21(20)19-6-4-5-7-22(19)26/h3-9,12,16,18H,1,10-11,13-15H2,2H3/t16-/m0/s1. The molecule has 7 heteroatoms. The molecule has 0 aromatic heterocycles. The molecule has 1 atom stereocenters. The number of hydrogen-bond acceptors (Lipinski definition) is 3. The Bertz CT molecular complexity index is 1020. The fraction of sp³-hybridized carbons (Fsp3) is 0.333. The van der Waals surface area contributed by atoms with Gasteiger partial charge in [-0.3, -0.25) is 14.5 Å². The van der Waals surface area contributed by atoms with Crippen LogP contribution in [0.15, 0.2) is 59.6 Å². The van der Waals surface area contributed by atoms with Crippen LogP contribution in [0.2, 0.25) is 5.02 Å². The second-order valence-corrected chi connectivity index (χ2v) is 9.43. The number of benzene rings is 2. The first-order valence-corrected chi connectivity index (χ1v) is 11.6. The molecule has 31 heavy (non-hydrogen) atoms. The van der Waals surface area contributed by atoms with Gasteiger partial charge in [0.05, 0.1) is 0 Å². The molecule has 2 aliphatic rings. The van der Waals surface area contributed by atoms with Crippen molar-refractivity contribution in [1.29, 1.82) is 0 Å². The maximum atomic E-state index is 13.5. The normalized spacial score (nSPS) is 19.8. The van der Waals surface area contributed by atoms with Crippen LogP contribution in [-0.2, 0) is 4.79 Å². The topological polar surface area (TPSA) is 43.9 Å². The summed E-state index contributed by atoms with van der Waals surface area (Å²) in [5.41, 5.74) is 2.34. The Morgan fingerprint density at radius 3 is 2.48 bits per heavy atom. The fourth-order valence-electron chi connectivity index (χ4n) is 4.45. The van der Waals surface area contributed by atoms with E-state index in [2.05, 4.69) is 34.3 Å². The van der Waals surface area contributed by atoms with Crippen LogP contribution in [0.3, 0.4) is 0 Å². The lowest BCUT2D eigenvalue weighted by molar-refractivity contribution is -0.134. The van der Waals surface area contributed by atoms with Gasteiger partial charge in [-0.1, -0.05) is 52.3 Å². The molecule has 0 bridgehead atoms. The molecular weight excluding hydrogens is 478 g/mol. The SMILES string of the molecule is C=CC(=O)N1CC(N2CCN(C(=O)c3ccc(Br)cc3-c3ccccc3Cl)C[C@@H]2C)C1. The predicted molar refractivity (Wildman–Crippen MR) is 127 cm³/mol. The van der Waals surface area contributed by atoms with E-state index in [1.165, 1.54) is 6.08 Å². The van der Waals surface area contributed by atoms with E-state index in [0.717, 1.165) is 35.2 Å². The average molecular weight is 503 g/mol. The molecule has 5 nitrogen and oxygen atoms in total. The summed E-state index contributed by atoms with van der Waals surface area (Å²) in [6.45, 7) is 9.27. The first kappa shape index (κ1) is 22.1. The van der Waals surface area contributed by atoms with Gasteiger partial charge in [0.15, 0.2) is 0 Å². The third-order valence-electron chi connectivity index (χ3n) is 6.16. The first-order valence-electron chi connectivity index (χ1n) is 10.4. The summed E-state index contributed by atoms with van der Waals surface area (Å²) in [7, 11) is 0. The van der Waals surface area contributed by atoms with Gasteiger partial charge in [-0.25, -0.2) is 0 Å². The second kappa shape index (κ2) is 9.15. The van der Waals surface area contributed by atoms with Crippen molar-refractivity contribution >= 4 is 39.3 Å². The van der Waals surface area contributed by atoms with E-state index in [4.69, 9.17) is 11.6 Å². The van der Waals surface area contributed by atoms with Crippen LogP contribution in [0.1, 0.15) is 17.3 Å². The van der Waals surface area contributed by atoms with Crippen molar-refractivity contribution < 1.29 is 9.59 Å². The van der Waals surface area contributed by atoms with Crippen molar-refractivity contribution in [2.45, 2.75) is 19.0 Å². The predicted octanol–water partition coefficient (Wildman–Crippen LogP) is 4.31. The molecule has 2 heterocycles. The van der Waals surface area contributed by atoms with E-state index in [-0.39, 0.29) is 17.9 Å². The van der Waals surface area contributed by atoms with E-state index in [1.807, 2.05) is 47.4 Å². The van der Waals surface area contributed by atoms with Gasteiger partial charge in [0.2, 0.25) is 5.91 Å². The molecule has 0 N–H and O–H groups in total. The Hall–Kier alpha value is -2.15. The van der Waals surface area contributed by atoms with Gasteiger partial charge in [0.1, 0.15) is 0 Å². The summed E-state index contributed by atoms with van der Waals surface area (Å²) in [5, 5.41) is 0.622. The van der Waals surface area contributed by atoms with Crippen LogP contribution in [0.4, 0.5) is 0 Å². The van der Waals surface area contributed by atoms with Gasteiger partial charge in [-0.2, -0.15) is 0 Å². The largest absolute Gasteiger partial charge is 0.336 e. The summed E-state index contributed by atoms with van der Waals surface area (Å²) in [5.74, 6) is 0.00560. The molecule has 2 aromatic rings. The highest BCUT2D eigenvalue weighted by atomic mass is 79.9. The minimum absolute atomic E-state index is 0.0138. The van der Waals surface area contributed by atoms with E-state index in [0.29, 0.717) is 29.7 Å². The lowest BCUT2D eigenvalue weighted by Gasteiger charge is -2.50. The molecule has 2 aromatic carbocycles. The van der Waals surface area contributed by atoms with Gasteiger partial charge in [-0.15, -0.1) is 0 Å². The van der Waals surface area contributed by atoms with Crippen LogP contribution in [0.5, 0.6) is 0 Å². The molecule has 0 spiro atoms. The van der Waals surface area contributed by atoms with Crippen LogP contribution < -0.4 is 0 Å². The molecule has 0 radical (unpaired) electrons. The van der Waals surface area contributed by atoms with E-state index >= 15 is 0 Å². The highest BCUT2D eigenvalue weighted by Crippen LogP contribution is 2.33. The Morgan fingerprint density at radius 2 is 1.81 bits per heavy atom. The number of nitrogens with zero attached hydrogens (tertiary/aromatic N) is 3. The van der Waals surface area contributed by atoms with Gasteiger partial charge >= 0.3 is 0 Å². The van der Waals surface area contributed by atoms with Crippen LogP contribution in [0.25, 0.3) is 11.1 Å². The third-order valence-corrected chi connectivity index (χ3v) is 6.98. The molecule has 2 amide bonds. The van der Waals surface area contributed by atoms with Crippen LogP contribution in [-0.4, -0.2) is 71.3 Å². The highest BCUT2D eigenvalue weighted by Gasteiger charge is 2.39. The summed E-state index contributed by atoms with van der Waals surface area (Å²) in [6.07, 6.45) is 1.37. The summed E-state index contributed by atoms with van der Waals surface area (Å²) >= 11 is 9.96. The zero-order valence-corrected chi connectivity index (χ0v) is 19.8. The van der Waals surface area contributed by atoms with E-state index in [9.17, 15) is 9.59 Å². The van der Waals surface area contributed by atoms with Crippen LogP contribution >= 0.6 is 27.5 Å². The molecular formula is C24H25BrClN3O2. The molecule has 2 aliphatic heterocycles. The highest BCUT2D eigenvalue weighted by molar-refractivity contribution is 9.10. The molecule has 2 fully saturated rings. The number of carbonyl (C=O) groups excluding carboxylic acids is 2. The third kappa shape index (κ3) is 4.43.